The lowest BCUT2D eigenvalue weighted by Crippen LogP contribution is -2.32. The molecule has 0 aliphatic carbocycles. The van der Waals surface area contributed by atoms with E-state index in [4.69, 9.17) is 16.6 Å². The smallest absolute Gasteiger partial charge is 0.250 e. The van der Waals surface area contributed by atoms with Gasteiger partial charge in [0, 0.05) is 15.3 Å². The molecule has 114 valence electrons. The molecule has 0 aliphatic rings. The molecule has 0 fully saturated rings. The predicted octanol–water partition coefficient (Wildman–Crippen LogP) is 4.03. The van der Waals surface area contributed by atoms with E-state index in [0.29, 0.717) is 5.76 Å². The van der Waals surface area contributed by atoms with Crippen LogP contribution < -0.4 is 10.6 Å². The molecule has 0 radical (unpaired) electrons. The van der Waals surface area contributed by atoms with Gasteiger partial charge < -0.3 is 9.73 Å². The van der Waals surface area contributed by atoms with E-state index < -0.39 is 0 Å². The Hall–Kier alpha value is -1.67. The lowest BCUT2D eigenvalue weighted by molar-refractivity contribution is -0.115. The minimum atomic E-state index is -0.312. The van der Waals surface area contributed by atoms with Crippen molar-refractivity contribution in [3.63, 3.8) is 0 Å². The fraction of sp³-hybridized carbons (Fsp3) is 0.125. The number of halogens is 1. The Bertz CT molecular complexity index is 701. The number of anilines is 1. The average molecular weight is 426 g/mol. The maximum Gasteiger partial charge on any atom is 0.250 e. The van der Waals surface area contributed by atoms with E-state index in [0.717, 1.165) is 16.8 Å². The van der Waals surface area contributed by atoms with E-state index in [1.54, 1.807) is 24.5 Å². The number of carbonyl (C=O) groups excluding carboxylic acids is 1. The molecule has 0 bridgehead atoms. The van der Waals surface area contributed by atoms with E-state index in [9.17, 15) is 4.79 Å². The Balaban J connectivity index is 1.94. The second-order valence-electron chi connectivity index (χ2n) is 4.72. The van der Waals surface area contributed by atoms with Gasteiger partial charge in [-0.05, 0) is 90.1 Å². The first kappa shape index (κ1) is 16.7. The van der Waals surface area contributed by atoms with Crippen molar-refractivity contribution < 1.29 is 9.21 Å². The van der Waals surface area contributed by atoms with Crippen molar-refractivity contribution in [3.8, 4) is 0 Å². The van der Waals surface area contributed by atoms with Gasteiger partial charge in [-0.15, -0.1) is 0 Å². The Kier molecular flexibility index (Phi) is 5.73. The average Bonchev–Trinajstić information content (AvgIpc) is 2.95. The maximum absolute atomic E-state index is 11.8. The van der Waals surface area contributed by atoms with E-state index in [-0.39, 0.29) is 11.0 Å². The first-order valence-corrected chi connectivity index (χ1v) is 8.04. The van der Waals surface area contributed by atoms with Crippen molar-refractivity contribution in [2.24, 2.45) is 0 Å². The molecule has 1 amide bonds. The number of amides is 1. The summed E-state index contributed by atoms with van der Waals surface area (Å²) in [5, 5.41) is 5.87. The molecule has 22 heavy (non-hydrogen) atoms. The van der Waals surface area contributed by atoms with Gasteiger partial charge in [0.25, 0.3) is 0 Å². The van der Waals surface area contributed by atoms with Gasteiger partial charge in [-0.3, -0.25) is 10.1 Å². The maximum atomic E-state index is 11.8. The quantitative estimate of drug-likeness (QED) is 0.442. The first-order chi connectivity index (χ1) is 10.5. The highest BCUT2D eigenvalue weighted by Gasteiger charge is 2.05. The number of nitrogens with one attached hydrogen (secondary N) is 2. The van der Waals surface area contributed by atoms with Crippen LogP contribution in [-0.4, -0.2) is 11.0 Å². The lowest BCUT2D eigenvalue weighted by atomic mass is 10.1. The molecule has 0 saturated heterocycles. The van der Waals surface area contributed by atoms with Gasteiger partial charge in [0.05, 0.1) is 6.26 Å². The van der Waals surface area contributed by atoms with Gasteiger partial charge in [-0.2, -0.15) is 0 Å². The molecule has 1 aromatic heterocycles. The summed E-state index contributed by atoms with van der Waals surface area (Å²) in [6.45, 7) is 4.07. The summed E-state index contributed by atoms with van der Waals surface area (Å²) in [4.78, 5) is 11.8. The van der Waals surface area contributed by atoms with Crippen LogP contribution in [0.4, 0.5) is 5.69 Å². The second kappa shape index (κ2) is 7.55. The summed E-state index contributed by atoms with van der Waals surface area (Å²) in [5.74, 6) is 0.297. The van der Waals surface area contributed by atoms with Crippen molar-refractivity contribution in [3.05, 3.63) is 57.1 Å². The molecule has 0 unspecified atom stereocenters. The minimum absolute atomic E-state index is 0.258. The highest BCUT2D eigenvalue weighted by atomic mass is 127. The Morgan fingerprint density at radius 2 is 2.00 bits per heavy atom. The molecule has 2 aromatic rings. The third-order valence-corrected chi connectivity index (χ3v) is 4.78. The molecular formula is C16H15IN2O2S. The van der Waals surface area contributed by atoms with Crippen LogP contribution in [0.2, 0.25) is 0 Å². The van der Waals surface area contributed by atoms with E-state index >= 15 is 0 Å². The highest BCUT2D eigenvalue weighted by molar-refractivity contribution is 14.1. The molecule has 2 N–H and O–H groups in total. The summed E-state index contributed by atoms with van der Waals surface area (Å²) in [6, 6.07) is 7.50. The lowest BCUT2D eigenvalue weighted by Gasteiger charge is -2.11. The molecule has 0 spiro atoms. The van der Waals surface area contributed by atoms with Crippen LogP contribution in [-0.2, 0) is 4.79 Å². The molecular weight excluding hydrogens is 411 g/mol. The van der Waals surface area contributed by atoms with Crippen LogP contribution in [0.25, 0.3) is 6.08 Å². The number of thiocarbonyl (C=S) groups is 1. The fourth-order valence-electron chi connectivity index (χ4n) is 1.88. The second-order valence-corrected chi connectivity index (χ2v) is 6.20. The van der Waals surface area contributed by atoms with E-state index in [2.05, 4.69) is 33.2 Å². The number of rotatable bonds is 3. The number of aryl methyl sites for hydroxylation is 2. The van der Waals surface area contributed by atoms with Crippen LogP contribution in [0.1, 0.15) is 16.9 Å². The van der Waals surface area contributed by atoms with Crippen molar-refractivity contribution >= 4 is 57.6 Å². The normalized spacial score (nSPS) is 10.7. The number of furan rings is 1. The van der Waals surface area contributed by atoms with Crippen LogP contribution in [0.3, 0.4) is 0 Å². The molecule has 0 saturated carbocycles. The molecule has 6 heteroatoms. The zero-order chi connectivity index (χ0) is 16.1. The third-order valence-electron chi connectivity index (χ3n) is 2.87. The van der Waals surface area contributed by atoms with Gasteiger partial charge in [0.15, 0.2) is 5.11 Å². The van der Waals surface area contributed by atoms with Crippen LogP contribution in [0, 0.1) is 17.4 Å². The molecule has 4 nitrogen and oxygen atoms in total. The highest BCUT2D eigenvalue weighted by Crippen LogP contribution is 2.21. The van der Waals surface area contributed by atoms with E-state index in [1.165, 1.54) is 9.65 Å². The number of benzene rings is 1. The van der Waals surface area contributed by atoms with E-state index in [1.807, 2.05) is 26.0 Å². The Morgan fingerprint density at radius 1 is 1.32 bits per heavy atom. The predicted molar refractivity (Wildman–Crippen MR) is 101 cm³/mol. The third kappa shape index (κ3) is 4.67. The van der Waals surface area contributed by atoms with Gasteiger partial charge in [0.1, 0.15) is 5.76 Å². The zero-order valence-electron chi connectivity index (χ0n) is 12.1. The summed E-state index contributed by atoms with van der Waals surface area (Å²) in [7, 11) is 0. The van der Waals surface area contributed by atoms with Crippen molar-refractivity contribution in [1.82, 2.24) is 5.32 Å². The fourth-order valence-corrected chi connectivity index (χ4v) is 2.41. The summed E-state index contributed by atoms with van der Waals surface area (Å²) < 4.78 is 6.33. The Morgan fingerprint density at radius 3 is 2.59 bits per heavy atom. The molecule has 0 aliphatic heterocycles. The molecule has 1 heterocycles. The number of hydrogen-bond donors (Lipinski definition) is 2. The monoisotopic (exact) mass is 426 g/mol. The van der Waals surface area contributed by atoms with Crippen molar-refractivity contribution in [2.45, 2.75) is 13.8 Å². The van der Waals surface area contributed by atoms with Gasteiger partial charge in [-0.25, -0.2) is 0 Å². The molecule has 0 atom stereocenters. The van der Waals surface area contributed by atoms with Crippen LogP contribution in [0.15, 0.2) is 41.0 Å². The standard InChI is InChI=1S/C16H15IN2O2S/c1-10-8-12(9-11(2)15(10)17)18-16(22)19-14(20)6-5-13-4-3-7-21-13/h3-9H,1-2H3,(H2,18,19,20,22)/b6-5+. The Labute approximate surface area is 148 Å². The van der Waals surface area contributed by atoms with Gasteiger partial charge in [0.2, 0.25) is 5.91 Å². The molecule has 2 rings (SSSR count). The largest absolute Gasteiger partial charge is 0.465 e. The van der Waals surface area contributed by atoms with Crippen molar-refractivity contribution in [2.75, 3.05) is 5.32 Å². The summed E-state index contributed by atoms with van der Waals surface area (Å²) >= 11 is 7.45. The van der Waals surface area contributed by atoms with Crippen molar-refractivity contribution in [1.29, 1.82) is 0 Å². The van der Waals surface area contributed by atoms with Crippen LogP contribution in [0.5, 0.6) is 0 Å². The molecule has 1 aromatic carbocycles. The minimum Gasteiger partial charge on any atom is -0.465 e. The first-order valence-electron chi connectivity index (χ1n) is 6.56. The number of carbonyl (C=O) groups is 1. The summed E-state index contributed by atoms with van der Waals surface area (Å²) in [5.41, 5.74) is 3.18. The van der Waals surface area contributed by atoms with Gasteiger partial charge in [-0.1, -0.05) is 0 Å². The topological polar surface area (TPSA) is 54.3 Å². The zero-order valence-corrected chi connectivity index (χ0v) is 15.1. The summed E-state index contributed by atoms with van der Waals surface area (Å²) in [6.07, 6.45) is 4.50. The SMILES string of the molecule is Cc1cc(NC(=S)NC(=O)/C=C/c2ccco2)cc(C)c1I. The number of hydrogen-bond acceptors (Lipinski definition) is 3. The van der Waals surface area contributed by atoms with Gasteiger partial charge >= 0.3 is 0 Å². The van der Waals surface area contributed by atoms with Crippen LogP contribution >= 0.6 is 34.8 Å².